The summed E-state index contributed by atoms with van der Waals surface area (Å²) in [5.41, 5.74) is 1.39. The van der Waals surface area contributed by atoms with Crippen LogP contribution < -0.4 is 10.6 Å². The van der Waals surface area contributed by atoms with Crippen LogP contribution in [0.15, 0.2) is 12.3 Å². The smallest absolute Gasteiger partial charge is 0.407 e. The number of aromatic nitrogens is 3. The monoisotopic (exact) mass is 472 g/mol. The van der Waals surface area contributed by atoms with Gasteiger partial charge in [0, 0.05) is 37.6 Å². The number of hydrogen-bond donors (Lipinski definition) is 2. The number of carbonyl (C=O) groups excluding carboxylic acids is 3. The minimum Gasteiger partial charge on any atom is -0.444 e. The van der Waals surface area contributed by atoms with E-state index < -0.39 is 11.7 Å². The van der Waals surface area contributed by atoms with E-state index in [1.54, 1.807) is 31.9 Å². The number of carbonyl (C=O) groups is 3. The van der Waals surface area contributed by atoms with Gasteiger partial charge in [-0.3, -0.25) is 9.59 Å². The molecule has 0 radical (unpaired) electrons. The molecule has 1 unspecified atom stereocenters. The Balaban J connectivity index is 1.57. The first-order chi connectivity index (χ1) is 16.0. The van der Waals surface area contributed by atoms with Gasteiger partial charge in [-0.25, -0.2) is 14.5 Å². The van der Waals surface area contributed by atoms with Crippen molar-refractivity contribution in [2.75, 3.05) is 26.2 Å². The molecule has 0 aromatic carbocycles. The maximum absolute atomic E-state index is 13.3. The number of pyridine rings is 1. The van der Waals surface area contributed by atoms with E-state index in [0.29, 0.717) is 37.3 Å². The fourth-order valence-electron chi connectivity index (χ4n) is 4.01. The third-order valence-electron chi connectivity index (χ3n) is 5.65. The fourth-order valence-corrected chi connectivity index (χ4v) is 4.01. The molecule has 10 nitrogen and oxygen atoms in total. The highest BCUT2D eigenvalue weighted by atomic mass is 16.6. The number of ether oxygens (including phenoxy) is 1. The fraction of sp³-hybridized carbons (Fsp3) is 0.625. The van der Waals surface area contributed by atoms with Crippen molar-refractivity contribution in [2.24, 2.45) is 5.92 Å². The Bertz CT molecular complexity index is 1060. The SMILES string of the molecule is Cc1nc2c(cnn2C(C)C)cc1C(=O)N1CCCC(C(=O)NCCNC(=O)OC(C)(C)C)C1. The van der Waals surface area contributed by atoms with E-state index in [9.17, 15) is 14.4 Å². The zero-order chi connectivity index (χ0) is 25.0. The second kappa shape index (κ2) is 10.4. The average Bonchev–Trinajstić information content (AvgIpc) is 3.17. The second-order valence-corrected chi connectivity index (χ2v) is 10.0. The largest absolute Gasteiger partial charge is 0.444 e. The first kappa shape index (κ1) is 25.5. The predicted octanol–water partition coefficient (Wildman–Crippen LogP) is 2.81. The maximum atomic E-state index is 13.3. The van der Waals surface area contributed by atoms with Crippen molar-refractivity contribution in [3.63, 3.8) is 0 Å². The van der Waals surface area contributed by atoms with E-state index >= 15 is 0 Å². The Morgan fingerprint density at radius 2 is 1.91 bits per heavy atom. The van der Waals surface area contributed by atoms with Gasteiger partial charge in [0.2, 0.25) is 5.91 Å². The van der Waals surface area contributed by atoms with Gasteiger partial charge in [0.25, 0.3) is 5.91 Å². The molecule has 10 heteroatoms. The third-order valence-corrected chi connectivity index (χ3v) is 5.65. The third kappa shape index (κ3) is 6.24. The summed E-state index contributed by atoms with van der Waals surface area (Å²) in [6.07, 6.45) is 2.68. The summed E-state index contributed by atoms with van der Waals surface area (Å²) in [5, 5.41) is 10.7. The molecule has 0 saturated carbocycles. The van der Waals surface area contributed by atoms with E-state index in [2.05, 4.69) is 20.7 Å². The molecule has 2 N–H and O–H groups in total. The minimum atomic E-state index is -0.571. The lowest BCUT2D eigenvalue weighted by Crippen LogP contribution is -2.46. The summed E-state index contributed by atoms with van der Waals surface area (Å²) in [7, 11) is 0. The van der Waals surface area contributed by atoms with E-state index in [0.717, 1.165) is 17.5 Å². The van der Waals surface area contributed by atoms with Crippen molar-refractivity contribution in [1.82, 2.24) is 30.3 Å². The molecule has 0 bridgehead atoms. The number of piperidine rings is 1. The van der Waals surface area contributed by atoms with Gasteiger partial charge < -0.3 is 20.3 Å². The van der Waals surface area contributed by atoms with Crippen molar-refractivity contribution in [1.29, 1.82) is 0 Å². The van der Waals surface area contributed by atoms with Crippen molar-refractivity contribution >= 4 is 28.9 Å². The highest BCUT2D eigenvalue weighted by Gasteiger charge is 2.30. The molecule has 1 atom stereocenters. The number of nitrogens with one attached hydrogen (secondary N) is 2. The van der Waals surface area contributed by atoms with Crippen molar-refractivity contribution < 1.29 is 19.1 Å². The first-order valence-electron chi connectivity index (χ1n) is 11.8. The number of hydrogen-bond acceptors (Lipinski definition) is 6. The second-order valence-electron chi connectivity index (χ2n) is 10.0. The zero-order valence-corrected chi connectivity index (χ0v) is 21.0. The summed E-state index contributed by atoms with van der Waals surface area (Å²) in [4.78, 5) is 44.0. The van der Waals surface area contributed by atoms with Crippen LogP contribution in [-0.4, -0.2) is 69.4 Å². The molecule has 186 valence electrons. The van der Waals surface area contributed by atoms with Gasteiger partial charge in [-0.15, -0.1) is 0 Å². The van der Waals surface area contributed by atoms with Crippen LogP contribution in [0.5, 0.6) is 0 Å². The van der Waals surface area contributed by atoms with E-state index in [1.807, 2.05) is 31.5 Å². The number of amides is 3. The van der Waals surface area contributed by atoms with Gasteiger partial charge in [-0.05, 0) is 60.5 Å². The molecule has 0 aliphatic carbocycles. The number of fused-ring (bicyclic) bond motifs is 1. The molecule has 1 fully saturated rings. The van der Waals surface area contributed by atoms with E-state index in [1.165, 1.54) is 0 Å². The van der Waals surface area contributed by atoms with Crippen LogP contribution >= 0.6 is 0 Å². The van der Waals surface area contributed by atoms with Gasteiger partial charge in [0.15, 0.2) is 5.65 Å². The standard InChI is InChI=1S/C24H36N6O4/c1-15(2)30-20-18(13-27-30)12-19(16(3)28-20)22(32)29-11-7-8-17(14-29)21(31)25-9-10-26-23(33)34-24(4,5)6/h12-13,15,17H,7-11,14H2,1-6H3,(H,25,31)(H,26,33). The Morgan fingerprint density at radius 3 is 2.59 bits per heavy atom. The van der Waals surface area contributed by atoms with Crippen molar-refractivity contribution in [3.05, 3.63) is 23.5 Å². The molecule has 3 rings (SSSR count). The predicted molar refractivity (Wildman–Crippen MR) is 129 cm³/mol. The van der Waals surface area contributed by atoms with Gasteiger partial charge in [-0.1, -0.05) is 0 Å². The molecule has 34 heavy (non-hydrogen) atoms. The van der Waals surface area contributed by atoms with Gasteiger partial charge in [0.1, 0.15) is 5.60 Å². The minimum absolute atomic E-state index is 0.117. The van der Waals surface area contributed by atoms with E-state index in [4.69, 9.17) is 4.74 Å². The molecule has 2 aromatic heterocycles. The molecule has 3 amide bonds. The Morgan fingerprint density at radius 1 is 1.21 bits per heavy atom. The van der Waals surface area contributed by atoms with Crippen LogP contribution in [0.25, 0.3) is 11.0 Å². The van der Waals surface area contributed by atoms with Crippen molar-refractivity contribution in [3.8, 4) is 0 Å². The Hall–Kier alpha value is -3.17. The molecule has 2 aromatic rings. The van der Waals surface area contributed by atoms with Crippen molar-refractivity contribution in [2.45, 2.75) is 66.0 Å². The quantitative estimate of drug-likeness (QED) is 0.624. The Kier molecular flexibility index (Phi) is 7.78. The van der Waals surface area contributed by atoms with Crippen LogP contribution in [0.3, 0.4) is 0 Å². The summed E-state index contributed by atoms with van der Waals surface area (Å²) in [5.74, 6) is -0.528. The van der Waals surface area contributed by atoms with E-state index in [-0.39, 0.29) is 30.3 Å². The zero-order valence-electron chi connectivity index (χ0n) is 21.0. The van der Waals surface area contributed by atoms with Crippen LogP contribution in [0.4, 0.5) is 4.79 Å². The lowest BCUT2D eigenvalue weighted by Gasteiger charge is -2.32. The summed E-state index contributed by atoms with van der Waals surface area (Å²) in [6.45, 7) is 12.8. The highest BCUT2D eigenvalue weighted by Crippen LogP contribution is 2.23. The summed E-state index contributed by atoms with van der Waals surface area (Å²) >= 11 is 0. The Labute approximate surface area is 200 Å². The molecule has 1 aliphatic rings. The molecular formula is C24H36N6O4. The lowest BCUT2D eigenvalue weighted by atomic mass is 9.96. The van der Waals surface area contributed by atoms with Gasteiger partial charge in [-0.2, -0.15) is 5.10 Å². The number of aryl methyl sites for hydroxylation is 1. The maximum Gasteiger partial charge on any atom is 0.407 e. The number of alkyl carbamates (subject to hydrolysis) is 1. The molecule has 3 heterocycles. The summed E-state index contributed by atoms with van der Waals surface area (Å²) in [6, 6.07) is 2.02. The van der Waals surface area contributed by atoms with Crippen LogP contribution in [-0.2, 0) is 9.53 Å². The number of likely N-dealkylation sites (tertiary alicyclic amines) is 1. The average molecular weight is 473 g/mol. The van der Waals surface area contributed by atoms with Crippen LogP contribution in [0.2, 0.25) is 0 Å². The molecular weight excluding hydrogens is 436 g/mol. The first-order valence-corrected chi connectivity index (χ1v) is 11.8. The number of rotatable bonds is 6. The van der Waals surface area contributed by atoms with Gasteiger partial charge >= 0.3 is 6.09 Å². The summed E-state index contributed by atoms with van der Waals surface area (Å²) < 4.78 is 7.02. The number of nitrogens with zero attached hydrogens (tertiary/aromatic N) is 4. The lowest BCUT2D eigenvalue weighted by molar-refractivity contribution is -0.126. The van der Waals surface area contributed by atoms with Gasteiger partial charge in [0.05, 0.1) is 23.4 Å². The van der Waals surface area contributed by atoms with Crippen LogP contribution in [0.1, 0.15) is 69.6 Å². The highest BCUT2D eigenvalue weighted by molar-refractivity contribution is 5.98. The normalized spacial score (nSPS) is 16.6. The van der Waals surface area contributed by atoms with Crippen LogP contribution in [0, 0.1) is 12.8 Å². The molecule has 0 spiro atoms. The topological polar surface area (TPSA) is 118 Å². The molecule has 1 saturated heterocycles. The molecule has 1 aliphatic heterocycles.